The molecule has 34 heavy (non-hydrogen) atoms. The van der Waals surface area contributed by atoms with Gasteiger partial charge in [0.2, 0.25) is 0 Å². The Labute approximate surface area is 200 Å². The first kappa shape index (κ1) is 21.8. The van der Waals surface area contributed by atoms with Gasteiger partial charge in [0, 0.05) is 55.6 Å². The lowest BCUT2D eigenvalue weighted by Crippen LogP contribution is -2.63. The number of aromatic nitrogens is 2. The number of fused-ring (bicyclic) bond motifs is 2. The van der Waals surface area contributed by atoms with E-state index in [-0.39, 0.29) is 24.2 Å². The molecule has 1 saturated carbocycles. The number of hydrogen-bond donors (Lipinski definition) is 3. The molecule has 2 aromatic rings. The molecule has 6 rings (SSSR count). The molecule has 4 fully saturated rings. The summed E-state index contributed by atoms with van der Waals surface area (Å²) in [5, 5.41) is 3.37. The fraction of sp³-hybridized carbons (Fsp3) is 0.560. The van der Waals surface area contributed by atoms with E-state index in [1.54, 1.807) is 7.11 Å². The molecule has 4 aliphatic rings. The molecule has 4 heterocycles. The summed E-state index contributed by atoms with van der Waals surface area (Å²) in [6, 6.07) is 12.0. The number of amides is 2. The van der Waals surface area contributed by atoms with Crippen LogP contribution in [0.5, 0.6) is 6.01 Å². The number of methoxy groups -OCH3 is 1. The van der Waals surface area contributed by atoms with Crippen molar-refractivity contribution in [2.45, 2.75) is 42.9 Å². The van der Waals surface area contributed by atoms with Gasteiger partial charge in [0.25, 0.3) is 0 Å². The molecule has 0 bridgehead atoms. The Morgan fingerprint density at radius 2 is 1.76 bits per heavy atom. The van der Waals surface area contributed by atoms with Crippen LogP contribution in [-0.2, 0) is 0 Å². The second-order valence-electron chi connectivity index (χ2n) is 10.3. The molecule has 0 radical (unpaired) electrons. The highest BCUT2D eigenvalue weighted by Gasteiger charge is 2.50. The number of likely N-dealkylation sites (N-methyl/N-ethyl adjacent to an activating group) is 1. The summed E-state index contributed by atoms with van der Waals surface area (Å²) in [4.78, 5) is 26.4. The van der Waals surface area contributed by atoms with Crippen LogP contribution in [0.4, 0.5) is 4.79 Å². The third kappa shape index (κ3) is 3.81. The van der Waals surface area contributed by atoms with Crippen LogP contribution in [0.25, 0.3) is 0 Å². The maximum absolute atomic E-state index is 13.3. The third-order valence-electron chi connectivity index (χ3n) is 8.31. The molecule has 1 aliphatic carbocycles. The molecule has 1 aromatic heterocycles. The van der Waals surface area contributed by atoms with Crippen molar-refractivity contribution in [3.05, 3.63) is 53.9 Å². The summed E-state index contributed by atoms with van der Waals surface area (Å²) < 4.78 is 5.12. The molecule has 9 heteroatoms. The highest BCUT2D eigenvalue weighted by molar-refractivity contribution is 5.76. The maximum atomic E-state index is 13.3. The number of nitrogens with one attached hydrogen (secondary N) is 3. The number of hydrogen-bond acceptors (Lipinski definition) is 7. The van der Waals surface area contributed by atoms with Crippen molar-refractivity contribution < 1.29 is 9.53 Å². The quantitative estimate of drug-likeness (QED) is 0.633. The van der Waals surface area contributed by atoms with Gasteiger partial charge in [0.15, 0.2) is 0 Å². The van der Waals surface area contributed by atoms with Crippen LogP contribution >= 0.6 is 0 Å². The summed E-state index contributed by atoms with van der Waals surface area (Å²) in [6.07, 6.45) is 5.68. The van der Waals surface area contributed by atoms with Gasteiger partial charge in [0.05, 0.1) is 19.2 Å². The van der Waals surface area contributed by atoms with Gasteiger partial charge in [-0.15, -0.1) is 0 Å². The van der Waals surface area contributed by atoms with E-state index < -0.39 is 0 Å². The van der Waals surface area contributed by atoms with Crippen LogP contribution in [0.2, 0.25) is 0 Å². The van der Waals surface area contributed by atoms with Gasteiger partial charge < -0.3 is 19.9 Å². The first-order valence-electron chi connectivity index (χ1n) is 12.3. The molecular weight excluding hydrogens is 430 g/mol. The van der Waals surface area contributed by atoms with Crippen LogP contribution in [-0.4, -0.2) is 77.7 Å². The second-order valence-corrected chi connectivity index (χ2v) is 10.3. The lowest BCUT2D eigenvalue weighted by molar-refractivity contribution is 0.0790. The Bertz CT molecular complexity index is 1020. The molecular formula is C25H33N7O2. The second kappa shape index (κ2) is 8.79. The van der Waals surface area contributed by atoms with E-state index in [1.165, 1.54) is 5.56 Å². The largest absolute Gasteiger partial charge is 0.467 e. The van der Waals surface area contributed by atoms with Gasteiger partial charge >= 0.3 is 12.0 Å². The standard InChI is InChI=1S/C25H33N7O2/c1-31-13-19(15-6-4-3-5-7-15)22(14-31)32-12-16-8-18-21(9-20(16)28-25(32)33)29-30-23(18)17-10-26-24(34-2)27-11-17/h3-7,10-11,16,18-23,29-30H,8-9,12-14H2,1-2H3,(H,28,33)/t16?,18?,19-,20?,21?,22+,23?/m0/s1. The number of hydrazine groups is 1. The monoisotopic (exact) mass is 463 g/mol. The van der Waals surface area contributed by atoms with Crippen molar-refractivity contribution in [2.24, 2.45) is 11.8 Å². The van der Waals surface area contributed by atoms with Crippen LogP contribution in [0.15, 0.2) is 42.7 Å². The SMILES string of the molecule is COc1ncc(C2NNC3CC4NC(=O)N([C@@H]5CN(C)C[C@H]5c5ccccc5)CC4CC32)cn1. The number of carbonyl (C=O) groups is 1. The number of urea groups is 1. The summed E-state index contributed by atoms with van der Waals surface area (Å²) in [5.41, 5.74) is 9.33. The molecule has 9 nitrogen and oxygen atoms in total. The number of carbonyl (C=O) groups excluding carboxylic acids is 1. The van der Waals surface area contributed by atoms with Crippen molar-refractivity contribution in [1.29, 1.82) is 0 Å². The number of rotatable bonds is 4. The van der Waals surface area contributed by atoms with Gasteiger partial charge in [0.1, 0.15) is 0 Å². The van der Waals surface area contributed by atoms with Crippen molar-refractivity contribution in [2.75, 3.05) is 33.8 Å². The summed E-state index contributed by atoms with van der Waals surface area (Å²) in [6.45, 7) is 2.70. The van der Waals surface area contributed by atoms with Gasteiger partial charge in [-0.1, -0.05) is 30.3 Å². The molecule has 3 N–H and O–H groups in total. The molecule has 3 saturated heterocycles. The average Bonchev–Trinajstić information content (AvgIpc) is 3.46. The van der Waals surface area contributed by atoms with Gasteiger partial charge in [-0.3, -0.25) is 5.43 Å². The topological polar surface area (TPSA) is 94.6 Å². The van der Waals surface area contributed by atoms with E-state index in [0.717, 1.165) is 38.0 Å². The van der Waals surface area contributed by atoms with Gasteiger partial charge in [-0.25, -0.2) is 20.2 Å². The number of nitrogens with zero attached hydrogens (tertiary/aromatic N) is 4. The van der Waals surface area contributed by atoms with Gasteiger partial charge in [-0.05, 0) is 37.3 Å². The van der Waals surface area contributed by atoms with E-state index in [4.69, 9.17) is 4.74 Å². The van der Waals surface area contributed by atoms with Gasteiger partial charge in [-0.2, -0.15) is 0 Å². The predicted molar refractivity (Wildman–Crippen MR) is 127 cm³/mol. The Balaban J connectivity index is 1.20. The molecule has 1 aromatic carbocycles. The lowest BCUT2D eigenvalue weighted by Gasteiger charge is -2.48. The normalized spacial score (nSPS) is 35.5. The van der Waals surface area contributed by atoms with Crippen LogP contribution < -0.4 is 20.9 Å². The molecule has 0 spiro atoms. The maximum Gasteiger partial charge on any atom is 0.317 e. The van der Waals surface area contributed by atoms with E-state index in [1.807, 2.05) is 12.4 Å². The Kier molecular flexibility index (Phi) is 5.63. The zero-order valence-electron chi connectivity index (χ0n) is 19.7. The van der Waals surface area contributed by atoms with E-state index in [2.05, 4.69) is 73.3 Å². The summed E-state index contributed by atoms with van der Waals surface area (Å²) >= 11 is 0. The van der Waals surface area contributed by atoms with Crippen LogP contribution in [0, 0.1) is 11.8 Å². The van der Waals surface area contributed by atoms with Crippen LogP contribution in [0.3, 0.4) is 0 Å². The molecule has 5 unspecified atom stereocenters. The zero-order chi connectivity index (χ0) is 23.2. The average molecular weight is 464 g/mol. The fourth-order valence-corrected chi connectivity index (χ4v) is 6.64. The molecule has 7 atom stereocenters. The first-order chi connectivity index (χ1) is 16.6. The highest BCUT2D eigenvalue weighted by atomic mass is 16.5. The Morgan fingerprint density at radius 1 is 0.971 bits per heavy atom. The minimum atomic E-state index is 0.0898. The molecule has 180 valence electrons. The number of ether oxygens (including phenoxy) is 1. The van der Waals surface area contributed by atoms with Crippen molar-refractivity contribution in [3.8, 4) is 6.01 Å². The van der Waals surface area contributed by atoms with Crippen LogP contribution in [0.1, 0.15) is 35.9 Å². The van der Waals surface area contributed by atoms with E-state index >= 15 is 0 Å². The zero-order valence-corrected chi connectivity index (χ0v) is 19.7. The fourth-order valence-electron chi connectivity index (χ4n) is 6.64. The highest BCUT2D eigenvalue weighted by Crippen LogP contribution is 2.43. The third-order valence-corrected chi connectivity index (χ3v) is 8.31. The summed E-state index contributed by atoms with van der Waals surface area (Å²) in [7, 11) is 3.73. The molecule has 2 amide bonds. The van der Waals surface area contributed by atoms with Crippen molar-refractivity contribution in [3.63, 3.8) is 0 Å². The predicted octanol–water partition coefficient (Wildman–Crippen LogP) is 1.52. The lowest BCUT2D eigenvalue weighted by atomic mass is 9.71. The first-order valence-corrected chi connectivity index (χ1v) is 12.3. The number of benzene rings is 1. The number of likely N-dealkylation sites (tertiary alicyclic amines) is 1. The van der Waals surface area contributed by atoms with E-state index in [9.17, 15) is 4.79 Å². The Hall–Kier alpha value is -2.75. The van der Waals surface area contributed by atoms with Crippen molar-refractivity contribution >= 4 is 6.03 Å². The molecule has 3 aliphatic heterocycles. The minimum Gasteiger partial charge on any atom is -0.467 e. The van der Waals surface area contributed by atoms with Crippen molar-refractivity contribution in [1.82, 2.24) is 35.9 Å². The smallest absolute Gasteiger partial charge is 0.317 e. The minimum absolute atomic E-state index is 0.0898. The summed E-state index contributed by atoms with van der Waals surface area (Å²) in [5.74, 6) is 1.18. The van der Waals surface area contributed by atoms with E-state index in [0.29, 0.717) is 29.8 Å². The Morgan fingerprint density at radius 3 is 2.53 bits per heavy atom.